The van der Waals surface area contributed by atoms with Gasteiger partial charge in [-0.05, 0) is 75.5 Å². The predicted molar refractivity (Wildman–Crippen MR) is 116 cm³/mol. The summed E-state index contributed by atoms with van der Waals surface area (Å²) in [6.45, 7) is 11.0. The summed E-state index contributed by atoms with van der Waals surface area (Å²) in [7, 11) is 0. The van der Waals surface area contributed by atoms with E-state index in [0.717, 1.165) is 36.1 Å². The first-order chi connectivity index (χ1) is 13.5. The molecule has 1 aliphatic carbocycles. The van der Waals surface area contributed by atoms with Gasteiger partial charge in [0, 0.05) is 23.0 Å². The van der Waals surface area contributed by atoms with Gasteiger partial charge in [0.1, 0.15) is 17.1 Å². The van der Waals surface area contributed by atoms with Crippen molar-refractivity contribution in [2.75, 3.05) is 0 Å². The Morgan fingerprint density at radius 1 is 1.28 bits per heavy atom. The summed E-state index contributed by atoms with van der Waals surface area (Å²) in [4.78, 5) is 11.5. The maximum Gasteiger partial charge on any atom is 0.331 e. The molecule has 4 heteroatoms. The number of benzene rings is 1. The number of carbonyl (C=O) groups is 1. The maximum atomic E-state index is 11.5. The van der Waals surface area contributed by atoms with E-state index >= 15 is 0 Å². The first-order valence-electron chi connectivity index (χ1n) is 11.0. The maximum absolute atomic E-state index is 11.5. The van der Waals surface area contributed by atoms with Crippen LogP contribution >= 0.6 is 0 Å². The molecule has 0 radical (unpaired) electrons. The number of carboxylic acid groups (broad SMARTS) is 1. The van der Waals surface area contributed by atoms with Gasteiger partial charge in [-0.15, -0.1) is 0 Å². The summed E-state index contributed by atoms with van der Waals surface area (Å²) >= 11 is 0. The van der Waals surface area contributed by atoms with Crippen LogP contribution in [0, 0.1) is 11.3 Å². The highest BCUT2D eigenvalue weighted by Crippen LogP contribution is 2.54. The van der Waals surface area contributed by atoms with Crippen LogP contribution in [0.1, 0.15) is 90.2 Å². The second-order valence-electron chi connectivity index (χ2n) is 10.2. The molecule has 1 heterocycles. The van der Waals surface area contributed by atoms with E-state index in [-0.39, 0.29) is 17.6 Å². The van der Waals surface area contributed by atoms with Crippen molar-refractivity contribution >= 4 is 5.97 Å². The van der Waals surface area contributed by atoms with Crippen LogP contribution in [0.5, 0.6) is 11.5 Å². The molecule has 29 heavy (non-hydrogen) atoms. The lowest BCUT2D eigenvalue weighted by Gasteiger charge is -2.46. The van der Waals surface area contributed by atoms with Crippen LogP contribution in [0.25, 0.3) is 0 Å². The fourth-order valence-electron chi connectivity index (χ4n) is 5.34. The molecule has 0 bridgehead atoms. The van der Waals surface area contributed by atoms with Gasteiger partial charge >= 0.3 is 5.97 Å². The second-order valence-corrected chi connectivity index (χ2v) is 10.2. The lowest BCUT2D eigenvalue weighted by molar-refractivity contribution is -0.133. The van der Waals surface area contributed by atoms with Crippen LogP contribution in [0.3, 0.4) is 0 Å². The minimum absolute atomic E-state index is 0.0256. The molecule has 1 aromatic carbocycles. The van der Waals surface area contributed by atoms with Crippen LogP contribution in [0.2, 0.25) is 0 Å². The van der Waals surface area contributed by atoms with E-state index in [1.807, 2.05) is 12.1 Å². The number of aryl methyl sites for hydroxylation is 1. The van der Waals surface area contributed by atoms with Gasteiger partial charge in [-0.2, -0.15) is 0 Å². The lowest BCUT2D eigenvalue weighted by Crippen LogP contribution is -2.45. The fraction of sp³-hybridized carbons (Fsp3) is 0.640. The van der Waals surface area contributed by atoms with Crippen molar-refractivity contribution in [3.63, 3.8) is 0 Å². The standard InChI is InChI=1S/C25H36O4/c1-6-11-24(2,3)12-7-8-16-13-20(26)22-18-15-17(23(27)28)9-10-19(18)25(4,5)29-21(22)14-16/h9,13-14,18-19,26H,6-8,10-12,15H2,1-5H3,(H,27,28)/t18-,19-/m1/s1. The third-order valence-corrected chi connectivity index (χ3v) is 6.88. The van der Waals surface area contributed by atoms with E-state index in [4.69, 9.17) is 4.74 Å². The molecule has 2 aliphatic rings. The number of carboxylic acids is 1. The predicted octanol–water partition coefficient (Wildman–Crippen LogP) is 6.22. The summed E-state index contributed by atoms with van der Waals surface area (Å²) in [6.07, 6.45) is 8.49. The number of allylic oxidation sites excluding steroid dienone is 1. The smallest absolute Gasteiger partial charge is 0.331 e. The van der Waals surface area contributed by atoms with Crippen LogP contribution in [-0.2, 0) is 11.2 Å². The molecule has 0 saturated heterocycles. The Morgan fingerprint density at radius 2 is 2.00 bits per heavy atom. The highest BCUT2D eigenvalue weighted by atomic mass is 16.5. The SMILES string of the molecule is CCCC(C)(C)CCCc1cc(O)c2c(c1)OC(C)(C)[C@@H]1CC=C(C(=O)O)C[C@@H]21. The molecule has 0 unspecified atom stereocenters. The Labute approximate surface area is 175 Å². The second kappa shape index (κ2) is 8.04. The minimum Gasteiger partial charge on any atom is -0.508 e. The number of rotatable bonds is 7. The van der Waals surface area contributed by atoms with E-state index in [2.05, 4.69) is 40.7 Å². The van der Waals surface area contributed by atoms with Gasteiger partial charge in [-0.25, -0.2) is 4.79 Å². The quantitative estimate of drug-likeness (QED) is 0.570. The molecule has 3 rings (SSSR count). The van der Waals surface area contributed by atoms with Crippen LogP contribution in [0.4, 0.5) is 0 Å². The summed E-state index contributed by atoms with van der Waals surface area (Å²) in [5, 5.41) is 20.3. The Hall–Kier alpha value is -1.97. The molecule has 0 amide bonds. The monoisotopic (exact) mass is 400 g/mol. The van der Waals surface area contributed by atoms with Gasteiger partial charge < -0.3 is 14.9 Å². The zero-order valence-electron chi connectivity index (χ0n) is 18.5. The van der Waals surface area contributed by atoms with Crippen molar-refractivity contribution in [2.24, 2.45) is 11.3 Å². The van der Waals surface area contributed by atoms with Crippen molar-refractivity contribution < 1.29 is 19.7 Å². The van der Waals surface area contributed by atoms with Crippen LogP contribution in [0.15, 0.2) is 23.8 Å². The number of phenols is 1. The van der Waals surface area contributed by atoms with Gasteiger partial charge in [0.2, 0.25) is 0 Å². The van der Waals surface area contributed by atoms with Gasteiger partial charge in [0.25, 0.3) is 0 Å². The molecule has 0 aromatic heterocycles. The van der Waals surface area contributed by atoms with Gasteiger partial charge in [0.05, 0.1) is 0 Å². The van der Waals surface area contributed by atoms with E-state index in [9.17, 15) is 15.0 Å². The van der Waals surface area contributed by atoms with Crippen molar-refractivity contribution in [3.8, 4) is 11.5 Å². The highest BCUT2D eigenvalue weighted by Gasteiger charge is 2.46. The van der Waals surface area contributed by atoms with E-state index in [1.54, 1.807) is 0 Å². The Morgan fingerprint density at radius 3 is 2.66 bits per heavy atom. The fourth-order valence-corrected chi connectivity index (χ4v) is 5.34. The lowest BCUT2D eigenvalue weighted by atomic mass is 9.67. The summed E-state index contributed by atoms with van der Waals surface area (Å²) in [5.41, 5.74) is 2.27. The summed E-state index contributed by atoms with van der Waals surface area (Å²) in [6, 6.07) is 3.93. The average Bonchev–Trinajstić information content (AvgIpc) is 2.60. The Bertz CT molecular complexity index is 803. The molecule has 1 aliphatic heterocycles. The number of aromatic hydroxyl groups is 1. The number of hydrogen-bond donors (Lipinski definition) is 2. The van der Waals surface area contributed by atoms with E-state index < -0.39 is 11.6 Å². The molecule has 1 aromatic rings. The molecule has 2 N–H and O–H groups in total. The number of ether oxygens (including phenoxy) is 1. The molecule has 2 atom stereocenters. The summed E-state index contributed by atoms with van der Waals surface area (Å²) in [5.74, 6) is 0.250. The molecule has 160 valence electrons. The van der Waals surface area contributed by atoms with Crippen molar-refractivity contribution in [1.29, 1.82) is 0 Å². The number of fused-ring (bicyclic) bond motifs is 3. The van der Waals surface area contributed by atoms with Gasteiger partial charge in [-0.1, -0.05) is 33.3 Å². The summed E-state index contributed by atoms with van der Waals surface area (Å²) < 4.78 is 6.36. The first-order valence-corrected chi connectivity index (χ1v) is 11.0. The zero-order valence-corrected chi connectivity index (χ0v) is 18.5. The molecule has 0 saturated carbocycles. The van der Waals surface area contributed by atoms with Crippen LogP contribution < -0.4 is 4.74 Å². The highest BCUT2D eigenvalue weighted by molar-refractivity contribution is 5.87. The van der Waals surface area contributed by atoms with E-state index in [0.29, 0.717) is 23.8 Å². The zero-order chi connectivity index (χ0) is 21.4. The topological polar surface area (TPSA) is 66.8 Å². The van der Waals surface area contributed by atoms with Gasteiger partial charge in [0.15, 0.2) is 0 Å². The molecular weight excluding hydrogens is 364 g/mol. The number of hydrogen-bond acceptors (Lipinski definition) is 3. The molecular formula is C25H36O4. The first kappa shape index (κ1) is 21.7. The Kier molecular flexibility index (Phi) is 6.03. The molecule has 0 fully saturated rings. The van der Waals surface area contributed by atoms with Crippen molar-refractivity contribution in [3.05, 3.63) is 34.9 Å². The minimum atomic E-state index is -0.861. The third-order valence-electron chi connectivity index (χ3n) is 6.88. The normalized spacial score (nSPS) is 22.9. The van der Waals surface area contributed by atoms with Crippen molar-refractivity contribution in [1.82, 2.24) is 0 Å². The third kappa shape index (κ3) is 4.62. The number of phenolic OH excluding ortho intramolecular Hbond substituents is 1. The average molecular weight is 401 g/mol. The van der Waals surface area contributed by atoms with Crippen LogP contribution in [-0.4, -0.2) is 21.8 Å². The van der Waals surface area contributed by atoms with Gasteiger partial charge in [-0.3, -0.25) is 0 Å². The molecule has 4 nitrogen and oxygen atoms in total. The Balaban J connectivity index is 1.84. The number of aliphatic carboxylic acids is 1. The van der Waals surface area contributed by atoms with Crippen molar-refractivity contribution in [2.45, 2.75) is 91.1 Å². The largest absolute Gasteiger partial charge is 0.508 e. The molecule has 0 spiro atoms. The van der Waals surface area contributed by atoms with E-state index in [1.165, 1.54) is 12.8 Å².